The van der Waals surface area contributed by atoms with Crippen molar-refractivity contribution in [1.82, 2.24) is 10.2 Å². The standard InChI is InChI=1S/C14H20N2O2S2/c1-10(7-11-3-5-19-9-11)16(2)8-13(17)15-12-4-6-20-14(12)18/h3,5,9-10,12H,4,6-8H2,1-2H3,(H,15,17)/t10-,12+/m1/s1. The van der Waals surface area contributed by atoms with Gasteiger partial charge >= 0.3 is 0 Å². The second-order valence-corrected chi connectivity index (χ2v) is 7.06. The van der Waals surface area contributed by atoms with Gasteiger partial charge in [0.15, 0.2) is 0 Å². The Morgan fingerprint density at radius 1 is 1.60 bits per heavy atom. The number of thiophene rings is 1. The van der Waals surface area contributed by atoms with Gasteiger partial charge in [-0.15, -0.1) is 0 Å². The number of thioether (sulfide) groups is 1. The lowest BCUT2D eigenvalue weighted by Crippen LogP contribution is -2.45. The molecule has 1 aliphatic heterocycles. The van der Waals surface area contributed by atoms with Gasteiger partial charge in [0.1, 0.15) is 0 Å². The zero-order valence-corrected chi connectivity index (χ0v) is 13.4. The maximum atomic E-state index is 11.9. The highest BCUT2D eigenvalue weighted by atomic mass is 32.2. The van der Waals surface area contributed by atoms with E-state index >= 15 is 0 Å². The van der Waals surface area contributed by atoms with E-state index < -0.39 is 0 Å². The highest BCUT2D eigenvalue weighted by Gasteiger charge is 2.27. The zero-order chi connectivity index (χ0) is 14.5. The molecule has 110 valence electrons. The van der Waals surface area contributed by atoms with Gasteiger partial charge in [0, 0.05) is 11.8 Å². The molecule has 0 aliphatic carbocycles. The number of carbonyl (C=O) groups excluding carboxylic acids is 2. The van der Waals surface area contributed by atoms with Gasteiger partial charge in [0.05, 0.1) is 12.6 Å². The summed E-state index contributed by atoms with van der Waals surface area (Å²) in [4.78, 5) is 25.5. The third kappa shape index (κ3) is 4.33. The molecule has 1 saturated heterocycles. The van der Waals surface area contributed by atoms with Crippen LogP contribution in [0.3, 0.4) is 0 Å². The Hall–Kier alpha value is -0.850. The van der Waals surface area contributed by atoms with Crippen molar-refractivity contribution in [2.75, 3.05) is 19.3 Å². The van der Waals surface area contributed by atoms with Gasteiger partial charge in [-0.3, -0.25) is 14.5 Å². The van der Waals surface area contributed by atoms with E-state index in [0.29, 0.717) is 12.6 Å². The second kappa shape index (κ2) is 7.24. The van der Waals surface area contributed by atoms with Gasteiger partial charge in [-0.25, -0.2) is 0 Å². The molecule has 2 heterocycles. The predicted octanol–water partition coefficient (Wildman–Crippen LogP) is 1.76. The molecule has 0 unspecified atom stereocenters. The van der Waals surface area contributed by atoms with Crippen LogP contribution < -0.4 is 5.32 Å². The first-order chi connectivity index (χ1) is 9.56. The summed E-state index contributed by atoms with van der Waals surface area (Å²) >= 11 is 3.00. The monoisotopic (exact) mass is 312 g/mol. The van der Waals surface area contributed by atoms with E-state index in [1.54, 1.807) is 11.3 Å². The number of nitrogens with zero attached hydrogens (tertiary/aromatic N) is 1. The van der Waals surface area contributed by atoms with Crippen LogP contribution in [0, 0.1) is 0 Å². The van der Waals surface area contributed by atoms with E-state index in [2.05, 4.69) is 29.1 Å². The minimum Gasteiger partial charge on any atom is -0.344 e. The Morgan fingerprint density at radius 2 is 2.40 bits per heavy atom. The number of hydrogen-bond acceptors (Lipinski definition) is 5. The Labute approximate surface area is 127 Å². The first-order valence-corrected chi connectivity index (χ1v) is 8.66. The molecule has 2 atom stereocenters. The van der Waals surface area contributed by atoms with Crippen molar-refractivity contribution in [3.05, 3.63) is 22.4 Å². The molecule has 1 aromatic rings. The van der Waals surface area contributed by atoms with Crippen LogP contribution in [0.15, 0.2) is 16.8 Å². The van der Waals surface area contributed by atoms with Gasteiger partial charge in [-0.2, -0.15) is 11.3 Å². The molecular weight excluding hydrogens is 292 g/mol. The molecule has 4 nitrogen and oxygen atoms in total. The Balaban J connectivity index is 1.76. The van der Waals surface area contributed by atoms with Crippen molar-refractivity contribution in [3.63, 3.8) is 0 Å². The van der Waals surface area contributed by atoms with Crippen LogP contribution in [0.5, 0.6) is 0 Å². The average molecular weight is 312 g/mol. The summed E-state index contributed by atoms with van der Waals surface area (Å²) in [6.07, 6.45) is 1.69. The Morgan fingerprint density at radius 3 is 3.00 bits per heavy atom. The van der Waals surface area contributed by atoms with Crippen LogP contribution in [-0.2, 0) is 16.0 Å². The normalized spacial score (nSPS) is 20.4. The molecule has 0 saturated carbocycles. The van der Waals surface area contributed by atoms with E-state index in [-0.39, 0.29) is 17.1 Å². The van der Waals surface area contributed by atoms with E-state index in [4.69, 9.17) is 0 Å². The van der Waals surface area contributed by atoms with E-state index in [1.165, 1.54) is 17.3 Å². The summed E-state index contributed by atoms with van der Waals surface area (Å²) in [5.41, 5.74) is 1.30. The lowest BCUT2D eigenvalue weighted by atomic mass is 10.1. The average Bonchev–Trinajstić information content (AvgIpc) is 3.02. The van der Waals surface area contributed by atoms with E-state index in [0.717, 1.165) is 18.6 Å². The smallest absolute Gasteiger partial charge is 0.234 e. The molecule has 1 aliphatic rings. The minimum atomic E-state index is -0.284. The topological polar surface area (TPSA) is 49.4 Å². The van der Waals surface area contributed by atoms with Gasteiger partial charge < -0.3 is 5.32 Å². The number of likely N-dealkylation sites (N-methyl/N-ethyl adjacent to an activating group) is 1. The predicted molar refractivity (Wildman–Crippen MR) is 84.1 cm³/mol. The number of amides is 1. The Bertz CT molecular complexity index is 462. The first-order valence-electron chi connectivity index (χ1n) is 6.73. The quantitative estimate of drug-likeness (QED) is 0.869. The number of rotatable bonds is 6. The van der Waals surface area contributed by atoms with Crippen molar-refractivity contribution in [3.8, 4) is 0 Å². The fourth-order valence-electron chi connectivity index (χ4n) is 2.15. The van der Waals surface area contributed by atoms with Gasteiger partial charge in [0.25, 0.3) is 0 Å². The summed E-state index contributed by atoms with van der Waals surface area (Å²) in [6, 6.07) is 2.13. The molecule has 0 radical (unpaired) electrons. The van der Waals surface area contributed by atoms with Crippen LogP contribution in [0.4, 0.5) is 0 Å². The van der Waals surface area contributed by atoms with Crippen LogP contribution in [-0.4, -0.2) is 47.4 Å². The van der Waals surface area contributed by atoms with E-state index in [1.807, 2.05) is 11.9 Å². The molecule has 2 rings (SSSR count). The highest BCUT2D eigenvalue weighted by molar-refractivity contribution is 8.14. The molecule has 1 aromatic heterocycles. The first kappa shape index (κ1) is 15.5. The van der Waals surface area contributed by atoms with Gasteiger partial charge in [-0.1, -0.05) is 11.8 Å². The summed E-state index contributed by atoms with van der Waals surface area (Å²) in [6.45, 7) is 2.45. The van der Waals surface area contributed by atoms with Crippen molar-refractivity contribution in [2.24, 2.45) is 0 Å². The van der Waals surface area contributed by atoms with Crippen molar-refractivity contribution in [2.45, 2.75) is 31.8 Å². The van der Waals surface area contributed by atoms with Gasteiger partial charge in [-0.05, 0) is 49.2 Å². The maximum absolute atomic E-state index is 11.9. The molecule has 0 spiro atoms. The number of hydrogen-bond donors (Lipinski definition) is 1. The lowest BCUT2D eigenvalue weighted by molar-refractivity contribution is -0.125. The van der Waals surface area contributed by atoms with Crippen molar-refractivity contribution >= 4 is 34.1 Å². The molecule has 6 heteroatoms. The lowest BCUT2D eigenvalue weighted by Gasteiger charge is -2.24. The summed E-state index contributed by atoms with van der Waals surface area (Å²) in [5.74, 6) is 0.749. The van der Waals surface area contributed by atoms with Crippen LogP contribution in [0.2, 0.25) is 0 Å². The van der Waals surface area contributed by atoms with Gasteiger partial charge in [0.2, 0.25) is 11.0 Å². The van der Waals surface area contributed by atoms with Crippen molar-refractivity contribution < 1.29 is 9.59 Å². The third-order valence-electron chi connectivity index (χ3n) is 3.53. The molecule has 1 fully saturated rings. The van der Waals surface area contributed by atoms with Crippen LogP contribution >= 0.6 is 23.1 Å². The fraction of sp³-hybridized carbons (Fsp3) is 0.571. The molecule has 1 N–H and O–H groups in total. The number of carbonyl (C=O) groups is 2. The molecule has 0 bridgehead atoms. The molecular formula is C14H20N2O2S2. The Kier molecular flexibility index (Phi) is 5.63. The second-order valence-electron chi connectivity index (χ2n) is 5.18. The van der Waals surface area contributed by atoms with Crippen LogP contribution in [0.25, 0.3) is 0 Å². The van der Waals surface area contributed by atoms with E-state index in [9.17, 15) is 9.59 Å². The molecule has 1 amide bonds. The number of nitrogens with one attached hydrogen (secondary N) is 1. The highest BCUT2D eigenvalue weighted by Crippen LogP contribution is 2.19. The molecule has 0 aromatic carbocycles. The minimum absolute atomic E-state index is 0.0643. The largest absolute Gasteiger partial charge is 0.344 e. The van der Waals surface area contributed by atoms with Crippen molar-refractivity contribution in [1.29, 1.82) is 0 Å². The molecule has 20 heavy (non-hydrogen) atoms. The summed E-state index contributed by atoms with van der Waals surface area (Å²) in [5, 5.41) is 7.12. The zero-order valence-electron chi connectivity index (χ0n) is 11.8. The van der Waals surface area contributed by atoms with Crippen LogP contribution in [0.1, 0.15) is 18.9 Å². The maximum Gasteiger partial charge on any atom is 0.234 e. The fourth-order valence-corrected chi connectivity index (χ4v) is 3.77. The summed E-state index contributed by atoms with van der Waals surface area (Å²) in [7, 11) is 1.95. The third-order valence-corrected chi connectivity index (χ3v) is 5.27. The summed E-state index contributed by atoms with van der Waals surface area (Å²) < 4.78 is 0. The SMILES string of the molecule is C[C@H](Cc1ccsc1)N(C)CC(=O)N[C@H]1CCSC1=O.